The molecule has 0 aliphatic carbocycles. The van der Waals surface area contributed by atoms with Gasteiger partial charge in [0, 0.05) is 0 Å². The first-order valence-corrected chi connectivity index (χ1v) is 12.5. The maximum Gasteiger partial charge on any atom is -0.00218 e. The van der Waals surface area contributed by atoms with Crippen LogP contribution in [0.2, 0.25) is 0 Å². The van der Waals surface area contributed by atoms with Crippen LogP contribution in [0.4, 0.5) is 0 Å². The van der Waals surface area contributed by atoms with Crippen LogP contribution in [0, 0.1) is 0 Å². The van der Waals surface area contributed by atoms with Gasteiger partial charge in [-0.3, -0.25) is 0 Å². The molecule has 26 heavy (non-hydrogen) atoms. The molecule has 0 saturated carbocycles. The van der Waals surface area contributed by atoms with Gasteiger partial charge in [-0.25, -0.2) is 0 Å². The van der Waals surface area contributed by atoms with E-state index in [1.54, 1.807) is 0 Å². The molecule has 0 fully saturated rings. The monoisotopic (exact) mass is 367 g/mol. The molecule has 0 unspecified atom stereocenters. The van der Waals surface area contributed by atoms with Crippen LogP contribution < -0.4 is 0 Å². The fraction of sp³-hybridized carbons (Fsp3) is 1.00. The first kappa shape index (κ1) is 26.0. The van der Waals surface area contributed by atoms with Gasteiger partial charge in [-0.05, 0) is 33.0 Å². The lowest BCUT2D eigenvalue weighted by molar-refractivity contribution is 0.314. The lowest BCUT2D eigenvalue weighted by Crippen LogP contribution is -2.20. The third kappa shape index (κ3) is 22.0. The lowest BCUT2D eigenvalue weighted by Gasteiger charge is -2.16. The zero-order valence-electron chi connectivity index (χ0n) is 19.0. The van der Waals surface area contributed by atoms with E-state index in [4.69, 9.17) is 0 Å². The van der Waals surface area contributed by atoms with E-state index >= 15 is 0 Å². The Bertz CT molecular complexity index is 238. The molecule has 0 aromatic heterocycles. The van der Waals surface area contributed by atoms with Crippen molar-refractivity contribution in [3.63, 3.8) is 0 Å². The topological polar surface area (TPSA) is 3.24 Å². The highest BCUT2D eigenvalue weighted by atomic mass is 15.1. The summed E-state index contributed by atoms with van der Waals surface area (Å²) in [7, 11) is 2.31. The van der Waals surface area contributed by atoms with Gasteiger partial charge in [0.25, 0.3) is 0 Å². The molecule has 158 valence electrons. The Hall–Kier alpha value is -0.0400. The molecular weight excluding hydrogens is 314 g/mol. The Morgan fingerprint density at radius 1 is 0.346 bits per heavy atom. The Morgan fingerprint density at radius 3 is 0.846 bits per heavy atom. The van der Waals surface area contributed by atoms with Crippen LogP contribution >= 0.6 is 0 Å². The first-order valence-electron chi connectivity index (χ1n) is 12.5. The molecule has 0 N–H and O–H groups in total. The second-order valence-electron chi connectivity index (χ2n) is 8.67. The van der Waals surface area contributed by atoms with Crippen molar-refractivity contribution < 1.29 is 0 Å². The molecule has 0 aromatic rings. The standard InChI is InChI=1S/C25H53N/c1-4-6-8-10-12-13-14-15-16-17-18-19-21-23-25-26(3)24-22-20-11-9-7-5-2/h4-25H2,1-3H3. The van der Waals surface area contributed by atoms with Gasteiger partial charge in [0.05, 0.1) is 0 Å². The minimum Gasteiger partial charge on any atom is -0.306 e. The van der Waals surface area contributed by atoms with Crippen molar-refractivity contribution in [3.8, 4) is 0 Å². The van der Waals surface area contributed by atoms with E-state index in [0.717, 1.165) is 0 Å². The average Bonchev–Trinajstić information content (AvgIpc) is 2.65. The minimum absolute atomic E-state index is 1.31. The number of hydrogen-bond donors (Lipinski definition) is 0. The predicted molar refractivity (Wildman–Crippen MR) is 121 cm³/mol. The number of nitrogens with zero attached hydrogens (tertiary/aromatic N) is 1. The molecule has 0 aliphatic rings. The summed E-state index contributed by atoms with van der Waals surface area (Å²) in [5.41, 5.74) is 0. The van der Waals surface area contributed by atoms with E-state index in [1.165, 1.54) is 142 Å². The van der Waals surface area contributed by atoms with E-state index < -0.39 is 0 Å². The summed E-state index contributed by atoms with van der Waals surface area (Å²) in [6.45, 7) is 7.22. The van der Waals surface area contributed by atoms with Crippen LogP contribution in [0.25, 0.3) is 0 Å². The molecule has 0 aromatic carbocycles. The molecule has 0 spiro atoms. The summed E-state index contributed by atoms with van der Waals surface area (Å²) < 4.78 is 0. The maximum atomic E-state index is 2.56. The molecule has 1 nitrogen and oxygen atoms in total. The van der Waals surface area contributed by atoms with Crippen molar-refractivity contribution >= 4 is 0 Å². The number of hydrogen-bond acceptors (Lipinski definition) is 1. The van der Waals surface area contributed by atoms with E-state index in [2.05, 4.69) is 25.8 Å². The summed E-state index contributed by atoms with van der Waals surface area (Å²) in [5.74, 6) is 0. The summed E-state index contributed by atoms with van der Waals surface area (Å²) in [6.07, 6.45) is 28.9. The van der Waals surface area contributed by atoms with Crippen molar-refractivity contribution in [1.82, 2.24) is 4.90 Å². The van der Waals surface area contributed by atoms with Crippen molar-refractivity contribution in [2.24, 2.45) is 0 Å². The highest BCUT2D eigenvalue weighted by Gasteiger charge is 1.99. The van der Waals surface area contributed by atoms with Crippen molar-refractivity contribution in [2.45, 2.75) is 142 Å². The van der Waals surface area contributed by atoms with Crippen LogP contribution in [0.1, 0.15) is 142 Å². The third-order valence-corrected chi connectivity index (χ3v) is 5.79. The molecule has 0 amide bonds. The molecule has 0 aliphatic heterocycles. The lowest BCUT2D eigenvalue weighted by atomic mass is 10.0. The number of unbranched alkanes of at least 4 members (excludes halogenated alkanes) is 18. The van der Waals surface area contributed by atoms with Gasteiger partial charge < -0.3 is 4.90 Å². The SMILES string of the molecule is CCCCCCCCCCCCCCCCN(C)CCCCCCCC. The summed E-state index contributed by atoms with van der Waals surface area (Å²) in [6, 6.07) is 0. The zero-order chi connectivity index (χ0) is 19.1. The van der Waals surface area contributed by atoms with E-state index in [9.17, 15) is 0 Å². The number of rotatable bonds is 22. The minimum atomic E-state index is 1.31. The van der Waals surface area contributed by atoms with Crippen LogP contribution in [0.3, 0.4) is 0 Å². The molecule has 0 heterocycles. The fourth-order valence-corrected chi connectivity index (χ4v) is 3.85. The zero-order valence-corrected chi connectivity index (χ0v) is 19.0. The molecule has 0 radical (unpaired) electrons. The van der Waals surface area contributed by atoms with E-state index in [0.29, 0.717) is 0 Å². The van der Waals surface area contributed by atoms with Crippen LogP contribution in [0.5, 0.6) is 0 Å². The third-order valence-electron chi connectivity index (χ3n) is 5.79. The first-order chi connectivity index (χ1) is 12.8. The fourth-order valence-electron chi connectivity index (χ4n) is 3.85. The molecule has 0 saturated heterocycles. The molecule has 0 bridgehead atoms. The highest BCUT2D eigenvalue weighted by Crippen LogP contribution is 2.13. The van der Waals surface area contributed by atoms with Gasteiger partial charge in [-0.1, -0.05) is 129 Å². The second kappa shape index (κ2) is 23.0. The van der Waals surface area contributed by atoms with Gasteiger partial charge in [-0.15, -0.1) is 0 Å². The summed E-state index contributed by atoms with van der Waals surface area (Å²) in [5, 5.41) is 0. The van der Waals surface area contributed by atoms with Gasteiger partial charge in [0.15, 0.2) is 0 Å². The second-order valence-corrected chi connectivity index (χ2v) is 8.67. The molecule has 0 atom stereocenters. The Labute approximate surface area is 167 Å². The largest absolute Gasteiger partial charge is 0.306 e. The smallest absolute Gasteiger partial charge is 0.00218 e. The Kier molecular flexibility index (Phi) is 23.0. The van der Waals surface area contributed by atoms with E-state index in [-0.39, 0.29) is 0 Å². The molecular formula is C25H53N. The van der Waals surface area contributed by atoms with Gasteiger partial charge in [-0.2, -0.15) is 0 Å². The van der Waals surface area contributed by atoms with Crippen molar-refractivity contribution in [2.75, 3.05) is 20.1 Å². The molecule has 1 heteroatoms. The highest BCUT2D eigenvalue weighted by molar-refractivity contribution is 4.54. The average molecular weight is 368 g/mol. The quantitative estimate of drug-likeness (QED) is 0.173. The predicted octanol–water partition coefficient (Wildman–Crippen LogP) is 8.76. The van der Waals surface area contributed by atoms with Crippen LogP contribution in [-0.4, -0.2) is 25.0 Å². The Morgan fingerprint density at radius 2 is 0.577 bits per heavy atom. The van der Waals surface area contributed by atoms with Gasteiger partial charge in [0.1, 0.15) is 0 Å². The summed E-state index contributed by atoms with van der Waals surface area (Å²) in [4.78, 5) is 2.56. The van der Waals surface area contributed by atoms with E-state index in [1.807, 2.05) is 0 Å². The van der Waals surface area contributed by atoms with Gasteiger partial charge in [0.2, 0.25) is 0 Å². The van der Waals surface area contributed by atoms with Crippen molar-refractivity contribution in [3.05, 3.63) is 0 Å². The maximum absolute atomic E-state index is 2.56. The normalized spacial score (nSPS) is 11.5. The Balaban J connectivity index is 3.09. The van der Waals surface area contributed by atoms with Crippen molar-refractivity contribution in [1.29, 1.82) is 0 Å². The summed E-state index contributed by atoms with van der Waals surface area (Å²) >= 11 is 0. The molecule has 0 rings (SSSR count). The van der Waals surface area contributed by atoms with Gasteiger partial charge >= 0.3 is 0 Å². The van der Waals surface area contributed by atoms with Crippen LogP contribution in [-0.2, 0) is 0 Å². The van der Waals surface area contributed by atoms with Crippen LogP contribution in [0.15, 0.2) is 0 Å².